The first kappa shape index (κ1) is 12.7. The van der Waals surface area contributed by atoms with Crippen LogP contribution in [0.4, 0.5) is 24.5 Å². The average Bonchev–Trinajstić information content (AvgIpc) is 2.30. The molecule has 0 aromatic heterocycles. The summed E-state index contributed by atoms with van der Waals surface area (Å²) in [6, 6.07) is 4.90. The van der Waals surface area contributed by atoms with Gasteiger partial charge >= 0.3 is 6.18 Å². The van der Waals surface area contributed by atoms with E-state index in [-0.39, 0.29) is 5.91 Å². The van der Waals surface area contributed by atoms with Crippen LogP contribution >= 0.6 is 0 Å². The van der Waals surface area contributed by atoms with Crippen molar-refractivity contribution in [2.45, 2.75) is 19.0 Å². The number of hydrogen-bond acceptors (Lipinski definition) is 2. The van der Waals surface area contributed by atoms with E-state index in [1.807, 2.05) is 0 Å². The molecule has 0 radical (unpaired) electrons. The number of anilines is 2. The van der Waals surface area contributed by atoms with Crippen molar-refractivity contribution in [3.05, 3.63) is 23.8 Å². The highest BCUT2D eigenvalue weighted by molar-refractivity contribution is 5.96. The summed E-state index contributed by atoms with van der Waals surface area (Å²) in [6.07, 6.45) is -3.27. The zero-order chi connectivity index (χ0) is 13.3. The molecule has 6 heteroatoms. The van der Waals surface area contributed by atoms with Crippen LogP contribution in [0.2, 0.25) is 0 Å². The van der Waals surface area contributed by atoms with Crippen LogP contribution in [0.1, 0.15) is 12.0 Å². The first-order valence-electron chi connectivity index (χ1n) is 5.57. The first-order valence-corrected chi connectivity index (χ1v) is 5.57. The molecule has 1 amide bonds. The summed E-state index contributed by atoms with van der Waals surface area (Å²) in [4.78, 5) is 13.0. The Labute approximate surface area is 103 Å². The van der Waals surface area contributed by atoms with Crippen molar-refractivity contribution in [3.8, 4) is 0 Å². The Balaban J connectivity index is 2.15. The minimum Gasteiger partial charge on any atom is -0.376 e. The van der Waals surface area contributed by atoms with Gasteiger partial charge in [0.05, 0.1) is 0 Å². The van der Waals surface area contributed by atoms with Gasteiger partial charge in [0.2, 0.25) is 5.91 Å². The number of nitrogens with one attached hydrogen (secondary N) is 1. The van der Waals surface area contributed by atoms with Crippen molar-refractivity contribution in [2.24, 2.45) is 0 Å². The predicted octanol–water partition coefficient (Wildman–Crippen LogP) is 2.57. The van der Waals surface area contributed by atoms with E-state index in [1.54, 1.807) is 25.2 Å². The minimum absolute atomic E-state index is 0.0264. The number of fused-ring (bicyclic) bond motifs is 1. The Morgan fingerprint density at radius 1 is 1.33 bits per heavy atom. The third-order valence-corrected chi connectivity index (χ3v) is 2.92. The van der Waals surface area contributed by atoms with Gasteiger partial charge in [0, 0.05) is 24.8 Å². The molecule has 0 atom stereocenters. The molecule has 0 bridgehead atoms. The van der Waals surface area contributed by atoms with Gasteiger partial charge in [-0.25, -0.2) is 0 Å². The molecule has 0 aliphatic carbocycles. The standard InChI is InChI=1S/C12H13F3N2O/c1-17-10-4-3-9(16-7-12(13,14)15)6-8(10)2-5-11(17)18/h3-4,6,16H,2,5,7H2,1H3. The molecule has 1 N–H and O–H groups in total. The second-order valence-corrected chi connectivity index (χ2v) is 4.26. The molecular weight excluding hydrogens is 245 g/mol. The number of aryl methyl sites for hydroxylation is 1. The molecule has 0 saturated carbocycles. The van der Waals surface area contributed by atoms with E-state index in [9.17, 15) is 18.0 Å². The van der Waals surface area contributed by atoms with Crippen LogP contribution in [0.5, 0.6) is 0 Å². The fraction of sp³-hybridized carbons (Fsp3) is 0.417. The number of amides is 1. The Hall–Kier alpha value is -1.72. The summed E-state index contributed by atoms with van der Waals surface area (Å²) in [6.45, 7) is -1.06. The lowest BCUT2D eigenvalue weighted by atomic mass is 10.0. The molecule has 0 unspecified atom stereocenters. The SMILES string of the molecule is CN1C(=O)CCc2cc(NCC(F)(F)F)ccc21. The molecule has 1 heterocycles. The van der Waals surface area contributed by atoms with Crippen LogP contribution < -0.4 is 10.2 Å². The number of alkyl halides is 3. The van der Waals surface area contributed by atoms with Gasteiger partial charge < -0.3 is 10.2 Å². The summed E-state index contributed by atoms with van der Waals surface area (Å²) in [5.41, 5.74) is 2.09. The Bertz CT molecular complexity index is 471. The predicted molar refractivity (Wildman–Crippen MR) is 62.7 cm³/mol. The highest BCUT2D eigenvalue weighted by Gasteiger charge is 2.27. The van der Waals surface area contributed by atoms with Gasteiger partial charge in [-0.2, -0.15) is 13.2 Å². The van der Waals surface area contributed by atoms with Crippen molar-refractivity contribution in [2.75, 3.05) is 23.8 Å². The molecule has 18 heavy (non-hydrogen) atoms. The molecule has 0 fully saturated rings. The summed E-state index contributed by atoms with van der Waals surface area (Å²) >= 11 is 0. The number of nitrogens with zero attached hydrogens (tertiary/aromatic N) is 1. The smallest absolute Gasteiger partial charge is 0.376 e. The summed E-state index contributed by atoms with van der Waals surface area (Å²) in [7, 11) is 1.67. The van der Waals surface area contributed by atoms with Gasteiger partial charge in [-0.05, 0) is 30.2 Å². The molecule has 2 rings (SSSR count). The van der Waals surface area contributed by atoms with Gasteiger partial charge in [0.25, 0.3) is 0 Å². The third-order valence-electron chi connectivity index (χ3n) is 2.92. The van der Waals surface area contributed by atoms with Gasteiger partial charge in [-0.3, -0.25) is 4.79 Å². The lowest BCUT2D eigenvalue weighted by Crippen LogP contribution is -2.31. The Morgan fingerprint density at radius 3 is 2.72 bits per heavy atom. The molecule has 3 nitrogen and oxygen atoms in total. The van der Waals surface area contributed by atoms with Gasteiger partial charge in [-0.1, -0.05) is 0 Å². The van der Waals surface area contributed by atoms with E-state index in [2.05, 4.69) is 5.32 Å². The number of carbonyl (C=O) groups is 1. The van der Waals surface area contributed by atoms with E-state index in [0.29, 0.717) is 18.5 Å². The molecule has 1 aliphatic heterocycles. The van der Waals surface area contributed by atoms with E-state index >= 15 is 0 Å². The zero-order valence-corrected chi connectivity index (χ0v) is 9.84. The highest BCUT2D eigenvalue weighted by Crippen LogP contribution is 2.29. The Morgan fingerprint density at radius 2 is 2.06 bits per heavy atom. The van der Waals surface area contributed by atoms with Crippen molar-refractivity contribution in [3.63, 3.8) is 0 Å². The topological polar surface area (TPSA) is 32.3 Å². The minimum atomic E-state index is -4.23. The second kappa shape index (κ2) is 4.51. The molecular formula is C12H13F3N2O. The highest BCUT2D eigenvalue weighted by atomic mass is 19.4. The van der Waals surface area contributed by atoms with Gasteiger partial charge in [0.1, 0.15) is 6.54 Å². The van der Waals surface area contributed by atoms with Crippen LogP contribution in [0.15, 0.2) is 18.2 Å². The van der Waals surface area contributed by atoms with Crippen LogP contribution in [0.3, 0.4) is 0 Å². The number of hydrogen-bond donors (Lipinski definition) is 1. The third kappa shape index (κ3) is 2.75. The number of rotatable bonds is 2. The summed E-state index contributed by atoms with van der Waals surface area (Å²) in [5, 5.41) is 2.33. The quantitative estimate of drug-likeness (QED) is 0.884. The fourth-order valence-corrected chi connectivity index (χ4v) is 1.97. The molecule has 1 aliphatic rings. The average molecular weight is 258 g/mol. The van der Waals surface area contributed by atoms with Gasteiger partial charge in [-0.15, -0.1) is 0 Å². The normalized spacial score (nSPS) is 15.6. The van der Waals surface area contributed by atoms with Crippen molar-refractivity contribution < 1.29 is 18.0 Å². The maximum atomic E-state index is 12.1. The lowest BCUT2D eigenvalue weighted by molar-refractivity contribution is -0.118. The monoisotopic (exact) mass is 258 g/mol. The first-order chi connectivity index (χ1) is 8.37. The van der Waals surface area contributed by atoms with Crippen LogP contribution in [-0.2, 0) is 11.2 Å². The van der Waals surface area contributed by atoms with Crippen LogP contribution in [0, 0.1) is 0 Å². The molecule has 98 valence electrons. The van der Waals surface area contributed by atoms with Crippen molar-refractivity contribution >= 4 is 17.3 Å². The summed E-state index contributed by atoms with van der Waals surface area (Å²) < 4.78 is 36.2. The maximum absolute atomic E-state index is 12.1. The lowest BCUT2D eigenvalue weighted by Gasteiger charge is -2.26. The van der Waals surface area contributed by atoms with Crippen LogP contribution in [0.25, 0.3) is 0 Å². The zero-order valence-electron chi connectivity index (χ0n) is 9.84. The number of benzene rings is 1. The van der Waals surface area contributed by atoms with Crippen LogP contribution in [-0.4, -0.2) is 25.7 Å². The summed E-state index contributed by atoms with van der Waals surface area (Å²) in [5.74, 6) is 0.0264. The molecule has 1 aromatic carbocycles. The van der Waals surface area contributed by atoms with E-state index in [1.165, 1.54) is 4.90 Å². The molecule has 0 saturated heterocycles. The van der Waals surface area contributed by atoms with E-state index < -0.39 is 12.7 Å². The largest absolute Gasteiger partial charge is 0.405 e. The molecule has 0 spiro atoms. The van der Waals surface area contributed by atoms with Crippen molar-refractivity contribution in [1.82, 2.24) is 0 Å². The number of halogens is 3. The van der Waals surface area contributed by atoms with E-state index in [0.717, 1.165) is 11.3 Å². The second-order valence-electron chi connectivity index (χ2n) is 4.26. The molecule has 1 aromatic rings. The Kier molecular flexibility index (Phi) is 3.19. The van der Waals surface area contributed by atoms with Crippen molar-refractivity contribution in [1.29, 1.82) is 0 Å². The van der Waals surface area contributed by atoms with E-state index in [4.69, 9.17) is 0 Å². The fourth-order valence-electron chi connectivity index (χ4n) is 1.97. The van der Waals surface area contributed by atoms with Gasteiger partial charge in [0.15, 0.2) is 0 Å². The number of carbonyl (C=O) groups excluding carboxylic acids is 1. The maximum Gasteiger partial charge on any atom is 0.405 e.